The molecule has 1 aliphatic rings. The zero-order chi connectivity index (χ0) is 9.03. The van der Waals surface area contributed by atoms with Crippen LogP contribution in [0, 0.1) is 0 Å². The van der Waals surface area contributed by atoms with Crippen LogP contribution < -0.4 is 0 Å². The molecule has 0 aliphatic carbocycles. The van der Waals surface area contributed by atoms with Crippen LogP contribution in [0.1, 0.15) is 12.8 Å². The fraction of sp³-hybridized carbons (Fsp3) is 0.800. The van der Waals surface area contributed by atoms with E-state index in [9.17, 15) is 0 Å². The van der Waals surface area contributed by atoms with Crippen LogP contribution >= 0.6 is 0 Å². The molecule has 70 valence electrons. The molecule has 12 heavy (non-hydrogen) atoms. The van der Waals surface area contributed by atoms with Crippen LogP contribution in [0.5, 0.6) is 0 Å². The molecule has 1 fully saturated rings. The maximum Gasteiger partial charge on any atom is 0.126 e. The Balaban J connectivity index is 2.20. The second-order valence-corrected chi connectivity index (χ2v) is 12.1. The predicted octanol–water partition coefficient (Wildman–Crippen LogP) is 2.83. The van der Waals surface area contributed by atoms with Crippen molar-refractivity contribution in [3.63, 3.8) is 0 Å². The van der Waals surface area contributed by atoms with E-state index in [0.717, 1.165) is 10.9 Å². The number of rotatable bonds is 3. The molecule has 0 atom stereocenters. The minimum absolute atomic E-state index is 0.773. The summed E-state index contributed by atoms with van der Waals surface area (Å²) < 4.78 is 0. The lowest BCUT2D eigenvalue weighted by molar-refractivity contribution is 0.949. The van der Waals surface area contributed by atoms with Gasteiger partial charge in [0.25, 0.3) is 0 Å². The maximum absolute atomic E-state index is 2.50. The van der Waals surface area contributed by atoms with Crippen LogP contribution in [0.3, 0.4) is 0 Å². The fourth-order valence-electron chi connectivity index (χ4n) is 1.42. The van der Waals surface area contributed by atoms with Gasteiger partial charge < -0.3 is 0 Å². The standard InChI is InChI=1S/C10H21SSi/c1-12(2,3)10-6-9-11-7-4-5-8-11/h6,10H,4-5,7-9H2,1-3H3/q+1/b10-6+. The van der Waals surface area contributed by atoms with E-state index in [1.807, 2.05) is 0 Å². The first-order valence-electron chi connectivity index (χ1n) is 4.90. The Kier molecular flexibility index (Phi) is 3.91. The molecule has 0 aromatic rings. The highest BCUT2D eigenvalue weighted by molar-refractivity contribution is 7.97. The summed E-state index contributed by atoms with van der Waals surface area (Å²) >= 11 is 0. The number of hydrogen-bond donors (Lipinski definition) is 0. The normalized spacial score (nSPS) is 20.9. The monoisotopic (exact) mass is 201 g/mol. The summed E-state index contributed by atoms with van der Waals surface area (Å²) in [6.07, 6.45) is 5.44. The minimum atomic E-state index is -0.905. The van der Waals surface area contributed by atoms with E-state index in [0.29, 0.717) is 0 Å². The van der Waals surface area contributed by atoms with E-state index < -0.39 is 8.07 Å². The van der Waals surface area contributed by atoms with Crippen molar-refractivity contribution in [2.75, 3.05) is 17.3 Å². The second-order valence-electron chi connectivity index (χ2n) is 4.66. The van der Waals surface area contributed by atoms with Gasteiger partial charge in [-0.3, -0.25) is 0 Å². The van der Waals surface area contributed by atoms with E-state index in [1.54, 1.807) is 0 Å². The summed E-state index contributed by atoms with van der Waals surface area (Å²) in [5.41, 5.74) is 2.50. The van der Waals surface area contributed by atoms with Crippen molar-refractivity contribution < 1.29 is 0 Å². The van der Waals surface area contributed by atoms with Gasteiger partial charge in [-0.2, -0.15) is 0 Å². The Bertz CT molecular complexity index is 152. The van der Waals surface area contributed by atoms with Gasteiger partial charge in [-0.05, 0) is 29.8 Å². The molecule has 0 aromatic heterocycles. The summed E-state index contributed by atoms with van der Waals surface area (Å²) in [6, 6.07) is 0. The predicted molar refractivity (Wildman–Crippen MR) is 63.7 cm³/mol. The third-order valence-corrected chi connectivity index (χ3v) is 5.70. The minimum Gasteiger partial charge on any atom is -0.0944 e. The van der Waals surface area contributed by atoms with Gasteiger partial charge in [0, 0.05) is 0 Å². The average molecular weight is 201 g/mol. The van der Waals surface area contributed by atoms with Gasteiger partial charge in [0.2, 0.25) is 0 Å². The first kappa shape index (κ1) is 10.4. The van der Waals surface area contributed by atoms with Crippen molar-refractivity contribution in [1.82, 2.24) is 0 Å². The lowest BCUT2D eigenvalue weighted by Crippen LogP contribution is -2.16. The summed E-state index contributed by atoms with van der Waals surface area (Å²) in [5.74, 6) is 4.40. The molecule has 2 heteroatoms. The third kappa shape index (κ3) is 4.36. The summed E-state index contributed by atoms with van der Waals surface area (Å²) in [5, 5.41) is 0. The second kappa shape index (κ2) is 4.52. The van der Waals surface area contributed by atoms with Crippen LogP contribution in [-0.4, -0.2) is 25.3 Å². The highest BCUT2D eigenvalue weighted by atomic mass is 32.2. The maximum atomic E-state index is 2.50. The molecule has 0 aromatic carbocycles. The molecule has 0 amide bonds. The van der Waals surface area contributed by atoms with E-state index in [-0.39, 0.29) is 0 Å². The molecule has 0 N–H and O–H groups in total. The van der Waals surface area contributed by atoms with Gasteiger partial charge in [-0.1, -0.05) is 25.3 Å². The smallest absolute Gasteiger partial charge is 0.0944 e. The molecule has 1 rings (SSSR count). The first-order chi connectivity index (χ1) is 5.58. The Morgan fingerprint density at radius 1 is 1.17 bits per heavy atom. The molecule has 0 radical (unpaired) electrons. The molecule has 0 spiro atoms. The van der Waals surface area contributed by atoms with E-state index >= 15 is 0 Å². The Morgan fingerprint density at radius 2 is 1.75 bits per heavy atom. The van der Waals surface area contributed by atoms with Crippen LogP contribution in [0.4, 0.5) is 0 Å². The van der Waals surface area contributed by atoms with Crippen molar-refractivity contribution in [3.05, 3.63) is 11.8 Å². The van der Waals surface area contributed by atoms with Crippen LogP contribution in [0.25, 0.3) is 0 Å². The van der Waals surface area contributed by atoms with Crippen molar-refractivity contribution in [2.24, 2.45) is 0 Å². The number of hydrogen-bond acceptors (Lipinski definition) is 0. The lowest BCUT2D eigenvalue weighted by Gasteiger charge is -2.07. The van der Waals surface area contributed by atoms with E-state index in [1.165, 1.54) is 30.1 Å². The topological polar surface area (TPSA) is 0 Å². The molecule has 1 heterocycles. The van der Waals surface area contributed by atoms with Gasteiger partial charge in [0.05, 0.1) is 8.07 Å². The van der Waals surface area contributed by atoms with Crippen molar-refractivity contribution in [2.45, 2.75) is 32.5 Å². The average Bonchev–Trinajstić information content (AvgIpc) is 2.36. The fourth-order valence-corrected chi connectivity index (χ4v) is 4.55. The Morgan fingerprint density at radius 3 is 2.25 bits per heavy atom. The first-order valence-corrected chi connectivity index (χ1v) is 10.2. The molecule has 0 saturated carbocycles. The Hall–Kier alpha value is 0.307. The molecular weight excluding hydrogens is 180 g/mol. The van der Waals surface area contributed by atoms with Gasteiger partial charge >= 0.3 is 0 Å². The molecule has 0 unspecified atom stereocenters. The Labute approximate surface area is 80.8 Å². The lowest BCUT2D eigenvalue weighted by atomic mass is 10.4. The van der Waals surface area contributed by atoms with Crippen molar-refractivity contribution in [3.8, 4) is 0 Å². The zero-order valence-electron chi connectivity index (χ0n) is 8.60. The molecule has 1 aliphatic heterocycles. The van der Waals surface area contributed by atoms with Gasteiger partial charge in [-0.25, -0.2) is 0 Å². The molecule has 1 saturated heterocycles. The van der Waals surface area contributed by atoms with Crippen molar-refractivity contribution >= 4 is 19.0 Å². The SMILES string of the molecule is C[Si](C)(C)/C=C/C[S+]1CCCC1. The van der Waals surface area contributed by atoms with Crippen LogP contribution in [0.15, 0.2) is 11.8 Å². The zero-order valence-corrected chi connectivity index (χ0v) is 10.4. The van der Waals surface area contributed by atoms with Crippen LogP contribution in [0.2, 0.25) is 19.6 Å². The third-order valence-electron chi connectivity index (χ3n) is 2.07. The summed E-state index contributed by atoms with van der Waals surface area (Å²) in [6.45, 7) is 7.21. The van der Waals surface area contributed by atoms with Gasteiger partial charge in [0.1, 0.15) is 17.3 Å². The van der Waals surface area contributed by atoms with Gasteiger partial charge in [-0.15, -0.1) is 0 Å². The molecule has 0 nitrogen and oxygen atoms in total. The van der Waals surface area contributed by atoms with Crippen LogP contribution in [-0.2, 0) is 10.9 Å². The quantitative estimate of drug-likeness (QED) is 0.486. The highest BCUT2D eigenvalue weighted by Crippen LogP contribution is 2.14. The molecule has 0 bridgehead atoms. The highest BCUT2D eigenvalue weighted by Gasteiger charge is 2.22. The van der Waals surface area contributed by atoms with E-state index in [2.05, 4.69) is 31.4 Å². The summed E-state index contributed by atoms with van der Waals surface area (Å²) in [7, 11) is -0.132. The van der Waals surface area contributed by atoms with Gasteiger partial charge in [0.15, 0.2) is 0 Å². The largest absolute Gasteiger partial charge is 0.126 e. The summed E-state index contributed by atoms with van der Waals surface area (Å²) in [4.78, 5) is 0. The van der Waals surface area contributed by atoms with Crippen molar-refractivity contribution in [1.29, 1.82) is 0 Å². The molecular formula is C10H21SSi+. The van der Waals surface area contributed by atoms with E-state index in [4.69, 9.17) is 0 Å².